The fourth-order valence-corrected chi connectivity index (χ4v) is 2.09. The van der Waals surface area contributed by atoms with Crippen LogP contribution in [0.1, 0.15) is 43.5 Å². The van der Waals surface area contributed by atoms with Gasteiger partial charge in [-0.1, -0.05) is 32.4 Å². The second kappa shape index (κ2) is 6.55. The molecule has 0 aliphatic heterocycles. The molecule has 2 N–H and O–H groups in total. The minimum Gasteiger partial charge on any atom is -0.352 e. The van der Waals surface area contributed by atoms with Crippen molar-refractivity contribution in [1.82, 2.24) is 5.32 Å². The maximum Gasteiger partial charge on any atom is 0.253 e. The molecular weight excluding hydrogens is 252 g/mol. The van der Waals surface area contributed by atoms with E-state index in [2.05, 4.69) is 10.6 Å². The van der Waals surface area contributed by atoms with E-state index in [0.29, 0.717) is 23.7 Å². The molecule has 0 spiro atoms. The molecule has 4 nitrogen and oxygen atoms in total. The second-order valence-electron chi connectivity index (χ2n) is 5.77. The summed E-state index contributed by atoms with van der Waals surface area (Å²) in [5.41, 5.74) is 1.13. The third-order valence-corrected chi connectivity index (χ3v) is 3.58. The number of benzene rings is 1. The molecule has 0 aromatic heterocycles. The van der Waals surface area contributed by atoms with Crippen molar-refractivity contribution in [3.63, 3.8) is 0 Å². The van der Waals surface area contributed by atoms with Gasteiger partial charge in [-0.05, 0) is 30.9 Å². The highest BCUT2D eigenvalue weighted by atomic mass is 16.2. The van der Waals surface area contributed by atoms with Crippen LogP contribution in [0.25, 0.3) is 0 Å². The van der Waals surface area contributed by atoms with Gasteiger partial charge in [0.15, 0.2) is 0 Å². The van der Waals surface area contributed by atoms with Gasteiger partial charge in [-0.15, -0.1) is 0 Å². The lowest BCUT2D eigenvalue weighted by Gasteiger charge is -2.24. The van der Waals surface area contributed by atoms with Crippen LogP contribution in [0.3, 0.4) is 0 Å². The van der Waals surface area contributed by atoms with Gasteiger partial charge in [0.25, 0.3) is 5.91 Å². The Hall–Kier alpha value is -1.84. The van der Waals surface area contributed by atoms with Crippen molar-refractivity contribution < 1.29 is 9.59 Å². The molecule has 0 saturated heterocycles. The summed E-state index contributed by atoms with van der Waals surface area (Å²) in [6, 6.07) is 7.16. The van der Waals surface area contributed by atoms with Gasteiger partial charge in [-0.3, -0.25) is 9.59 Å². The van der Waals surface area contributed by atoms with Crippen LogP contribution in [0.4, 0.5) is 5.69 Å². The van der Waals surface area contributed by atoms with Crippen molar-refractivity contribution in [1.29, 1.82) is 0 Å². The lowest BCUT2D eigenvalue weighted by Crippen LogP contribution is -2.31. The number of anilines is 1. The van der Waals surface area contributed by atoms with Crippen LogP contribution < -0.4 is 10.6 Å². The van der Waals surface area contributed by atoms with Crippen molar-refractivity contribution in [2.45, 2.75) is 33.1 Å². The van der Waals surface area contributed by atoms with E-state index >= 15 is 0 Å². The molecule has 20 heavy (non-hydrogen) atoms. The predicted molar refractivity (Wildman–Crippen MR) is 79.6 cm³/mol. The molecule has 0 atom stereocenters. The molecule has 1 aliphatic rings. The number of hydrogen-bond donors (Lipinski definition) is 2. The maximum atomic E-state index is 12.1. The molecule has 1 saturated carbocycles. The smallest absolute Gasteiger partial charge is 0.253 e. The van der Waals surface area contributed by atoms with Crippen LogP contribution in [0.5, 0.6) is 0 Å². The summed E-state index contributed by atoms with van der Waals surface area (Å²) in [7, 11) is 0. The van der Waals surface area contributed by atoms with Crippen molar-refractivity contribution in [3.05, 3.63) is 29.8 Å². The first-order valence-corrected chi connectivity index (χ1v) is 7.26. The van der Waals surface area contributed by atoms with Crippen LogP contribution in [0, 0.1) is 11.8 Å². The van der Waals surface area contributed by atoms with Crippen LogP contribution >= 0.6 is 0 Å². The molecule has 1 aromatic carbocycles. The van der Waals surface area contributed by atoms with E-state index in [0.717, 1.165) is 19.3 Å². The maximum absolute atomic E-state index is 12.1. The first kappa shape index (κ1) is 14.6. The van der Waals surface area contributed by atoms with Gasteiger partial charge in [0, 0.05) is 12.5 Å². The van der Waals surface area contributed by atoms with E-state index in [1.807, 2.05) is 26.0 Å². The monoisotopic (exact) mass is 274 g/mol. The van der Waals surface area contributed by atoms with E-state index in [-0.39, 0.29) is 17.7 Å². The van der Waals surface area contributed by atoms with Crippen molar-refractivity contribution in [2.75, 3.05) is 11.9 Å². The Bertz CT molecular complexity index is 493. The van der Waals surface area contributed by atoms with E-state index in [9.17, 15) is 9.59 Å². The Morgan fingerprint density at radius 1 is 1.25 bits per heavy atom. The number of amides is 2. The van der Waals surface area contributed by atoms with Gasteiger partial charge in [0.1, 0.15) is 0 Å². The lowest BCUT2D eigenvalue weighted by atomic mass is 9.85. The number of nitrogens with one attached hydrogen (secondary N) is 2. The molecule has 108 valence electrons. The zero-order chi connectivity index (χ0) is 14.5. The van der Waals surface area contributed by atoms with E-state index in [1.54, 1.807) is 12.1 Å². The van der Waals surface area contributed by atoms with Crippen LogP contribution in [0.2, 0.25) is 0 Å². The van der Waals surface area contributed by atoms with E-state index in [4.69, 9.17) is 0 Å². The highest BCUT2D eigenvalue weighted by Gasteiger charge is 2.26. The van der Waals surface area contributed by atoms with Crippen molar-refractivity contribution in [3.8, 4) is 0 Å². The molecule has 1 aromatic rings. The fraction of sp³-hybridized carbons (Fsp3) is 0.500. The van der Waals surface area contributed by atoms with Crippen LogP contribution in [-0.2, 0) is 4.79 Å². The predicted octanol–water partition coefficient (Wildman–Crippen LogP) is 2.81. The second-order valence-corrected chi connectivity index (χ2v) is 5.77. The first-order valence-electron chi connectivity index (χ1n) is 7.26. The zero-order valence-corrected chi connectivity index (χ0v) is 12.1. The van der Waals surface area contributed by atoms with Crippen molar-refractivity contribution in [2.24, 2.45) is 11.8 Å². The first-order chi connectivity index (χ1) is 9.58. The summed E-state index contributed by atoms with van der Waals surface area (Å²) in [6.45, 7) is 4.72. The molecule has 0 unspecified atom stereocenters. The molecule has 4 heteroatoms. The summed E-state index contributed by atoms with van der Waals surface area (Å²) in [5.74, 6) is 0.404. The van der Waals surface area contributed by atoms with Gasteiger partial charge in [0.05, 0.1) is 11.3 Å². The summed E-state index contributed by atoms with van der Waals surface area (Å²) in [5, 5.41) is 5.76. The molecule has 0 bridgehead atoms. The highest BCUT2D eigenvalue weighted by molar-refractivity contribution is 6.04. The topological polar surface area (TPSA) is 58.2 Å². The average Bonchev–Trinajstić information content (AvgIpc) is 2.34. The standard InChI is InChI=1S/C16H22N2O2/c1-11(2)10-17-16(20)13-8-3-4-9-14(13)18-15(19)12-6-5-7-12/h3-4,8-9,11-12H,5-7,10H2,1-2H3,(H,17,20)(H,18,19). The Kier molecular flexibility index (Phi) is 4.77. The zero-order valence-electron chi connectivity index (χ0n) is 12.1. The molecule has 2 amide bonds. The molecule has 2 rings (SSSR count). The number of carbonyl (C=O) groups excluding carboxylic acids is 2. The molecule has 1 fully saturated rings. The van der Waals surface area contributed by atoms with Gasteiger partial charge < -0.3 is 10.6 Å². The number of para-hydroxylation sites is 1. The summed E-state index contributed by atoms with van der Waals surface area (Å²) >= 11 is 0. The van der Waals surface area contributed by atoms with Crippen LogP contribution in [0.15, 0.2) is 24.3 Å². The third kappa shape index (κ3) is 3.59. The quantitative estimate of drug-likeness (QED) is 0.867. The molecular formula is C16H22N2O2. The molecule has 0 radical (unpaired) electrons. The SMILES string of the molecule is CC(C)CNC(=O)c1ccccc1NC(=O)C1CCC1. The number of carbonyl (C=O) groups is 2. The lowest BCUT2D eigenvalue weighted by molar-refractivity contribution is -0.122. The van der Waals surface area contributed by atoms with E-state index < -0.39 is 0 Å². The van der Waals surface area contributed by atoms with Gasteiger partial charge in [-0.2, -0.15) is 0 Å². The highest BCUT2D eigenvalue weighted by Crippen LogP contribution is 2.28. The summed E-state index contributed by atoms with van der Waals surface area (Å²) in [6.07, 6.45) is 3.02. The largest absolute Gasteiger partial charge is 0.352 e. The average molecular weight is 274 g/mol. The minimum atomic E-state index is -0.136. The van der Waals surface area contributed by atoms with Gasteiger partial charge in [0.2, 0.25) is 5.91 Å². The van der Waals surface area contributed by atoms with E-state index in [1.165, 1.54) is 0 Å². The van der Waals surface area contributed by atoms with Gasteiger partial charge >= 0.3 is 0 Å². The Labute approximate surface area is 119 Å². The third-order valence-electron chi connectivity index (χ3n) is 3.58. The molecule has 1 aliphatic carbocycles. The Morgan fingerprint density at radius 2 is 1.95 bits per heavy atom. The normalized spacial score (nSPS) is 14.8. The summed E-state index contributed by atoms with van der Waals surface area (Å²) in [4.78, 5) is 24.1. The van der Waals surface area contributed by atoms with Crippen molar-refractivity contribution >= 4 is 17.5 Å². The molecule has 0 heterocycles. The van der Waals surface area contributed by atoms with Crippen LogP contribution in [-0.4, -0.2) is 18.4 Å². The fourth-order valence-electron chi connectivity index (χ4n) is 2.09. The Morgan fingerprint density at radius 3 is 2.55 bits per heavy atom. The number of hydrogen-bond acceptors (Lipinski definition) is 2. The summed E-state index contributed by atoms with van der Waals surface area (Å²) < 4.78 is 0. The number of rotatable bonds is 5. The Balaban J connectivity index is 2.05. The minimum absolute atomic E-state index is 0.0281. The van der Waals surface area contributed by atoms with Gasteiger partial charge in [-0.25, -0.2) is 0 Å².